The second kappa shape index (κ2) is 6.76. The lowest BCUT2D eigenvalue weighted by Crippen LogP contribution is -2.45. The maximum Gasteiger partial charge on any atom is 0.119 e. The maximum atomic E-state index is 5.60. The minimum Gasteiger partial charge on any atom is -0.494 e. The Labute approximate surface area is 110 Å². The summed E-state index contributed by atoms with van der Waals surface area (Å²) in [6, 6.07) is 9.08. The summed E-state index contributed by atoms with van der Waals surface area (Å²) in [6.07, 6.45) is 1.15. The molecule has 3 nitrogen and oxygen atoms in total. The monoisotopic (exact) mass is 248 g/mol. The summed E-state index contributed by atoms with van der Waals surface area (Å²) in [5.74, 6) is 0.989. The summed E-state index contributed by atoms with van der Waals surface area (Å²) >= 11 is 0. The Hall–Kier alpha value is -1.06. The zero-order valence-electron chi connectivity index (χ0n) is 11.5. The number of hydrogen-bond donors (Lipinski definition) is 1. The number of ether oxygens (including phenoxy) is 1. The number of hydrogen-bond acceptors (Lipinski definition) is 3. The Bertz CT molecular complexity index is 361. The summed E-state index contributed by atoms with van der Waals surface area (Å²) in [5, 5.41) is 3.41. The first-order valence-electron chi connectivity index (χ1n) is 7.02. The molecule has 18 heavy (non-hydrogen) atoms. The predicted octanol–water partition coefficient (Wildman–Crippen LogP) is 2.44. The van der Waals surface area contributed by atoms with Crippen molar-refractivity contribution in [1.29, 1.82) is 0 Å². The van der Waals surface area contributed by atoms with Crippen molar-refractivity contribution in [3.05, 3.63) is 29.8 Å². The van der Waals surface area contributed by atoms with Crippen molar-refractivity contribution >= 4 is 0 Å². The van der Waals surface area contributed by atoms with Gasteiger partial charge in [0.2, 0.25) is 0 Å². The highest BCUT2D eigenvalue weighted by molar-refractivity contribution is 5.30. The summed E-state index contributed by atoms with van der Waals surface area (Å²) < 4.78 is 5.60. The number of piperazine rings is 1. The molecule has 0 aliphatic carbocycles. The summed E-state index contributed by atoms with van der Waals surface area (Å²) in [5.41, 5.74) is 1.38. The van der Waals surface area contributed by atoms with Crippen molar-refractivity contribution in [2.45, 2.75) is 26.3 Å². The van der Waals surface area contributed by atoms with Crippen LogP contribution in [0.3, 0.4) is 0 Å². The lowest BCUT2D eigenvalue weighted by Gasteiger charge is -2.34. The fourth-order valence-corrected chi connectivity index (χ4v) is 2.68. The zero-order chi connectivity index (χ0) is 12.8. The molecule has 1 atom stereocenters. The van der Waals surface area contributed by atoms with Gasteiger partial charge in [0.05, 0.1) is 6.61 Å². The molecule has 1 N–H and O–H groups in total. The first kappa shape index (κ1) is 13.4. The maximum absolute atomic E-state index is 5.60. The van der Waals surface area contributed by atoms with Crippen LogP contribution in [0.4, 0.5) is 0 Å². The average Bonchev–Trinajstić information content (AvgIpc) is 2.42. The molecular weight excluding hydrogens is 224 g/mol. The molecule has 1 aromatic rings. The number of rotatable bonds is 5. The molecule has 1 saturated heterocycles. The van der Waals surface area contributed by atoms with Crippen LogP contribution >= 0.6 is 0 Å². The Morgan fingerprint density at radius 2 is 2.06 bits per heavy atom. The average molecular weight is 248 g/mol. The minimum atomic E-state index is 0.521. The van der Waals surface area contributed by atoms with Crippen LogP contribution in [-0.4, -0.2) is 37.7 Å². The van der Waals surface area contributed by atoms with Crippen molar-refractivity contribution in [1.82, 2.24) is 10.2 Å². The molecule has 1 unspecified atom stereocenters. The van der Waals surface area contributed by atoms with E-state index in [2.05, 4.69) is 35.3 Å². The summed E-state index contributed by atoms with van der Waals surface area (Å²) in [6.45, 7) is 9.49. The second-order valence-corrected chi connectivity index (χ2v) is 4.72. The molecule has 0 bridgehead atoms. The molecule has 0 aromatic heterocycles. The van der Waals surface area contributed by atoms with Gasteiger partial charge in [-0.3, -0.25) is 4.90 Å². The van der Waals surface area contributed by atoms with Gasteiger partial charge in [0.15, 0.2) is 0 Å². The Morgan fingerprint density at radius 1 is 1.28 bits per heavy atom. The second-order valence-electron chi connectivity index (χ2n) is 4.72. The molecule has 100 valence electrons. The molecule has 2 rings (SSSR count). The Morgan fingerprint density at radius 3 is 2.72 bits per heavy atom. The van der Waals surface area contributed by atoms with Crippen LogP contribution in [-0.2, 0) is 0 Å². The fraction of sp³-hybridized carbons (Fsp3) is 0.600. The normalized spacial score (nSPS) is 18.6. The van der Waals surface area contributed by atoms with Crippen molar-refractivity contribution in [2.24, 2.45) is 0 Å². The van der Waals surface area contributed by atoms with E-state index in [1.54, 1.807) is 0 Å². The summed E-state index contributed by atoms with van der Waals surface area (Å²) in [4.78, 5) is 2.57. The molecule has 0 spiro atoms. The Balaban J connectivity index is 2.12. The van der Waals surface area contributed by atoms with Gasteiger partial charge in [0, 0.05) is 32.2 Å². The van der Waals surface area contributed by atoms with Gasteiger partial charge in [-0.2, -0.15) is 0 Å². The topological polar surface area (TPSA) is 24.5 Å². The standard InChI is InChI=1S/C15H24N2O/c1-3-15(17-10-8-16-9-11-17)13-6-5-7-14(12-13)18-4-2/h5-7,12,15-16H,3-4,8-11H2,1-2H3. The van der Waals surface area contributed by atoms with E-state index in [9.17, 15) is 0 Å². The van der Waals surface area contributed by atoms with Crippen molar-refractivity contribution in [3.8, 4) is 5.75 Å². The van der Waals surface area contributed by atoms with Gasteiger partial charge in [0.25, 0.3) is 0 Å². The first-order chi connectivity index (χ1) is 8.85. The van der Waals surface area contributed by atoms with E-state index >= 15 is 0 Å². The van der Waals surface area contributed by atoms with Gasteiger partial charge >= 0.3 is 0 Å². The molecule has 1 aliphatic rings. The molecule has 1 heterocycles. The van der Waals surface area contributed by atoms with Crippen LogP contribution in [0, 0.1) is 0 Å². The lowest BCUT2D eigenvalue weighted by atomic mass is 10.0. The molecule has 0 saturated carbocycles. The van der Waals surface area contributed by atoms with Crippen molar-refractivity contribution in [3.63, 3.8) is 0 Å². The third-order valence-electron chi connectivity index (χ3n) is 3.53. The number of nitrogens with one attached hydrogen (secondary N) is 1. The first-order valence-corrected chi connectivity index (χ1v) is 7.02. The molecule has 3 heteroatoms. The van der Waals surface area contributed by atoms with E-state index in [-0.39, 0.29) is 0 Å². The van der Waals surface area contributed by atoms with E-state index in [1.807, 2.05) is 13.0 Å². The highest BCUT2D eigenvalue weighted by atomic mass is 16.5. The van der Waals surface area contributed by atoms with Gasteiger partial charge in [-0.05, 0) is 31.0 Å². The minimum absolute atomic E-state index is 0.521. The molecule has 1 aliphatic heterocycles. The van der Waals surface area contributed by atoms with E-state index in [0.29, 0.717) is 6.04 Å². The molecular formula is C15H24N2O. The summed E-state index contributed by atoms with van der Waals surface area (Å²) in [7, 11) is 0. The third kappa shape index (κ3) is 3.24. The van der Waals surface area contributed by atoms with Crippen LogP contribution < -0.4 is 10.1 Å². The molecule has 1 fully saturated rings. The van der Waals surface area contributed by atoms with Gasteiger partial charge in [0.1, 0.15) is 5.75 Å². The van der Waals surface area contributed by atoms with Crippen LogP contribution in [0.1, 0.15) is 31.9 Å². The van der Waals surface area contributed by atoms with Crippen LogP contribution in [0.25, 0.3) is 0 Å². The SMILES string of the molecule is CCOc1cccc(C(CC)N2CCNCC2)c1. The van der Waals surface area contributed by atoms with Crippen molar-refractivity contribution in [2.75, 3.05) is 32.8 Å². The van der Waals surface area contributed by atoms with Gasteiger partial charge in [-0.15, -0.1) is 0 Å². The van der Waals surface area contributed by atoms with E-state index in [4.69, 9.17) is 4.74 Å². The van der Waals surface area contributed by atoms with E-state index < -0.39 is 0 Å². The van der Waals surface area contributed by atoms with E-state index in [0.717, 1.165) is 45.0 Å². The lowest BCUT2D eigenvalue weighted by molar-refractivity contribution is 0.169. The molecule has 1 aromatic carbocycles. The van der Waals surface area contributed by atoms with Crippen LogP contribution in [0.5, 0.6) is 5.75 Å². The highest BCUT2D eigenvalue weighted by Gasteiger charge is 2.20. The Kier molecular flexibility index (Phi) is 5.02. The smallest absolute Gasteiger partial charge is 0.119 e. The highest BCUT2D eigenvalue weighted by Crippen LogP contribution is 2.27. The van der Waals surface area contributed by atoms with Gasteiger partial charge in [-0.25, -0.2) is 0 Å². The molecule has 0 amide bonds. The quantitative estimate of drug-likeness (QED) is 0.866. The van der Waals surface area contributed by atoms with Crippen LogP contribution in [0.2, 0.25) is 0 Å². The number of nitrogens with zero attached hydrogens (tertiary/aromatic N) is 1. The largest absolute Gasteiger partial charge is 0.494 e. The van der Waals surface area contributed by atoms with Gasteiger partial charge < -0.3 is 10.1 Å². The molecule has 0 radical (unpaired) electrons. The number of benzene rings is 1. The fourth-order valence-electron chi connectivity index (χ4n) is 2.68. The predicted molar refractivity (Wildman–Crippen MR) is 75.1 cm³/mol. The third-order valence-corrected chi connectivity index (χ3v) is 3.53. The van der Waals surface area contributed by atoms with E-state index in [1.165, 1.54) is 5.56 Å². The van der Waals surface area contributed by atoms with Crippen molar-refractivity contribution < 1.29 is 4.74 Å². The zero-order valence-corrected chi connectivity index (χ0v) is 11.5. The van der Waals surface area contributed by atoms with Gasteiger partial charge in [-0.1, -0.05) is 19.1 Å². The van der Waals surface area contributed by atoms with Crippen LogP contribution in [0.15, 0.2) is 24.3 Å².